The summed E-state index contributed by atoms with van der Waals surface area (Å²) < 4.78 is 0. The van der Waals surface area contributed by atoms with Crippen LogP contribution >= 0.6 is 0 Å². The maximum Gasteiger partial charge on any atom is 0.338 e. The van der Waals surface area contributed by atoms with E-state index >= 15 is 0 Å². The van der Waals surface area contributed by atoms with Crippen LogP contribution in [0.3, 0.4) is 0 Å². The highest BCUT2D eigenvalue weighted by Gasteiger charge is 2.14. The Balaban J connectivity index is 1.72. The van der Waals surface area contributed by atoms with E-state index in [0.717, 1.165) is 11.1 Å². The normalized spacial score (nSPS) is 10.7. The molecule has 6 nitrogen and oxygen atoms in total. The number of aromatic hydroxyl groups is 2. The van der Waals surface area contributed by atoms with Gasteiger partial charge in [-0.25, -0.2) is 10.2 Å². The van der Waals surface area contributed by atoms with Crippen LogP contribution in [0.1, 0.15) is 16.7 Å². The second-order valence-electron chi connectivity index (χ2n) is 6.25. The highest BCUT2D eigenvalue weighted by molar-refractivity contribution is 5.85. The van der Waals surface area contributed by atoms with E-state index in [1.165, 1.54) is 24.4 Å². The Bertz CT molecular complexity index is 902. The number of phenols is 2. The van der Waals surface area contributed by atoms with Crippen LogP contribution in [0.25, 0.3) is 0 Å². The highest BCUT2D eigenvalue weighted by atomic mass is 16.3. The number of benzene rings is 3. The molecule has 0 aromatic heterocycles. The van der Waals surface area contributed by atoms with E-state index in [9.17, 15) is 15.0 Å². The molecule has 3 rings (SSSR count). The lowest BCUT2D eigenvalue weighted by Crippen LogP contribution is -2.36. The Hall–Kier alpha value is -3.80. The Kier molecular flexibility index (Phi) is 6.25. The summed E-state index contributed by atoms with van der Waals surface area (Å²) in [5.41, 5.74) is 4.79. The molecule has 0 fully saturated rings. The van der Waals surface area contributed by atoms with Gasteiger partial charge in [-0.15, -0.1) is 0 Å². The molecule has 142 valence electrons. The van der Waals surface area contributed by atoms with E-state index in [-0.39, 0.29) is 17.5 Å². The molecular weight excluding hydrogens is 354 g/mol. The predicted molar refractivity (Wildman–Crippen MR) is 108 cm³/mol. The molecule has 0 bridgehead atoms. The van der Waals surface area contributed by atoms with Crippen molar-refractivity contribution in [1.29, 1.82) is 0 Å². The van der Waals surface area contributed by atoms with Crippen molar-refractivity contribution < 1.29 is 15.0 Å². The molecule has 0 aliphatic rings. The first kappa shape index (κ1) is 19.0. The van der Waals surface area contributed by atoms with Gasteiger partial charge in [0.05, 0.1) is 6.21 Å². The molecule has 0 saturated heterocycles. The van der Waals surface area contributed by atoms with Crippen molar-refractivity contribution in [3.63, 3.8) is 0 Å². The number of nitrogens with one attached hydrogen (secondary N) is 1. The van der Waals surface area contributed by atoms with Crippen LogP contribution < -0.4 is 5.43 Å². The van der Waals surface area contributed by atoms with Crippen LogP contribution in [0.4, 0.5) is 4.79 Å². The Labute approximate surface area is 163 Å². The van der Waals surface area contributed by atoms with Crippen LogP contribution in [-0.4, -0.2) is 27.4 Å². The number of amides is 2. The number of phenolic OH excluding ortho intramolecular Hbond substituents is 2. The second kappa shape index (κ2) is 9.23. The monoisotopic (exact) mass is 375 g/mol. The molecule has 0 atom stereocenters. The van der Waals surface area contributed by atoms with Gasteiger partial charge in [0.2, 0.25) is 0 Å². The first-order chi connectivity index (χ1) is 13.6. The summed E-state index contributed by atoms with van der Waals surface area (Å²) in [4.78, 5) is 14.3. The van der Waals surface area contributed by atoms with Crippen LogP contribution in [-0.2, 0) is 13.1 Å². The fraction of sp³-hybridized carbons (Fsp3) is 0.0909. The first-order valence-corrected chi connectivity index (χ1v) is 8.79. The van der Waals surface area contributed by atoms with Crippen molar-refractivity contribution >= 4 is 12.2 Å². The number of hydrogen-bond acceptors (Lipinski definition) is 4. The van der Waals surface area contributed by atoms with Gasteiger partial charge >= 0.3 is 6.03 Å². The predicted octanol–water partition coefficient (Wildman–Crippen LogP) is 3.84. The van der Waals surface area contributed by atoms with Crippen molar-refractivity contribution in [3.05, 3.63) is 95.6 Å². The van der Waals surface area contributed by atoms with Crippen molar-refractivity contribution in [2.45, 2.75) is 13.1 Å². The summed E-state index contributed by atoms with van der Waals surface area (Å²) in [6, 6.07) is 23.1. The summed E-state index contributed by atoms with van der Waals surface area (Å²) in [6.45, 7) is 0.850. The number of hydrazone groups is 1. The Morgan fingerprint density at radius 1 is 0.893 bits per heavy atom. The molecular formula is C22H21N3O3. The summed E-state index contributed by atoms with van der Waals surface area (Å²) >= 11 is 0. The molecule has 0 aliphatic heterocycles. The quantitative estimate of drug-likeness (QED) is 0.348. The Morgan fingerprint density at radius 2 is 1.46 bits per heavy atom. The lowest BCUT2D eigenvalue weighted by Gasteiger charge is -2.22. The number of hydrogen-bond donors (Lipinski definition) is 3. The maximum absolute atomic E-state index is 12.7. The van der Waals surface area contributed by atoms with Crippen LogP contribution in [0, 0.1) is 0 Å². The smallest absolute Gasteiger partial charge is 0.338 e. The lowest BCUT2D eigenvalue weighted by molar-refractivity contribution is 0.193. The fourth-order valence-electron chi connectivity index (χ4n) is 2.68. The third-order valence-electron chi connectivity index (χ3n) is 4.09. The molecule has 2 amide bonds. The van der Waals surface area contributed by atoms with Crippen molar-refractivity contribution in [1.82, 2.24) is 10.3 Å². The summed E-state index contributed by atoms with van der Waals surface area (Å²) in [7, 11) is 0. The molecule has 3 aromatic rings. The van der Waals surface area contributed by atoms with Gasteiger partial charge in [0.15, 0.2) is 0 Å². The number of carbonyl (C=O) groups excluding carboxylic acids is 1. The van der Waals surface area contributed by atoms with E-state index < -0.39 is 0 Å². The third-order valence-corrected chi connectivity index (χ3v) is 4.09. The van der Waals surface area contributed by atoms with Gasteiger partial charge in [0.1, 0.15) is 11.5 Å². The zero-order valence-electron chi connectivity index (χ0n) is 15.2. The first-order valence-electron chi connectivity index (χ1n) is 8.79. The zero-order chi connectivity index (χ0) is 19.8. The van der Waals surface area contributed by atoms with Gasteiger partial charge in [-0.1, -0.05) is 60.7 Å². The van der Waals surface area contributed by atoms with Gasteiger partial charge in [-0.2, -0.15) is 5.10 Å². The SMILES string of the molecule is O=C(N/N=C/c1cc(O)ccc1O)N(Cc1ccccc1)Cc1ccccc1. The third kappa shape index (κ3) is 5.35. The number of nitrogens with zero attached hydrogens (tertiary/aromatic N) is 2. The average molecular weight is 375 g/mol. The fourth-order valence-corrected chi connectivity index (χ4v) is 2.68. The number of urea groups is 1. The van der Waals surface area contributed by atoms with E-state index in [1.807, 2.05) is 60.7 Å². The zero-order valence-corrected chi connectivity index (χ0v) is 15.2. The van der Waals surface area contributed by atoms with E-state index in [4.69, 9.17) is 0 Å². The Morgan fingerprint density at radius 3 is 2.04 bits per heavy atom. The van der Waals surface area contributed by atoms with Gasteiger partial charge < -0.3 is 15.1 Å². The molecule has 0 saturated carbocycles. The average Bonchev–Trinajstić information content (AvgIpc) is 2.71. The molecule has 0 heterocycles. The largest absolute Gasteiger partial charge is 0.508 e. The minimum Gasteiger partial charge on any atom is -0.508 e. The summed E-state index contributed by atoms with van der Waals surface area (Å²) in [5, 5.41) is 23.2. The van der Waals surface area contributed by atoms with Crippen molar-refractivity contribution in [3.8, 4) is 11.5 Å². The molecule has 3 aromatic carbocycles. The standard InChI is InChI=1S/C22H21N3O3/c26-20-11-12-21(27)19(13-20)14-23-24-22(28)25(15-17-7-3-1-4-8-17)16-18-9-5-2-6-10-18/h1-14,26-27H,15-16H2,(H,24,28)/b23-14+. The summed E-state index contributed by atoms with van der Waals surface area (Å²) in [5.74, 6) is -0.0402. The van der Waals surface area contributed by atoms with Gasteiger partial charge in [-0.05, 0) is 29.3 Å². The van der Waals surface area contributed by atoms with E-state index in [0.29, 0.717) is 18.7 Å². The van der Waals surface area contributed by atoms with Crippen molar-refractivity contribution in [2.24, 2.45) is 5.10 Å². The molecule has 0 unspecified atom stereocenters. The van der Waals surface area contributed by atoms with E-state index in [1.54, 1.807) is 4.90 Å². The highest BCUT2D eigenvalue weighted by Crippen LogP contribution is 2.20. The maximum atomic E-state index is 12.7. The van der Waals surface area contributed by atoms with Crippen LogP contribution in [0.5, 0.6) is 11.5 Å². The van der Waals surface area contributed by atoms with Crippen LogP contribution in [0.15, 0.2) is 84.0 Å². The molecule has 6 heteroatoms. The molecule has 0 spiro atoms. The van der Waals surface area contributed by atoms with Gasteiger partial charge in [0.25, 0.3) is 0 Å². The molecule has 3 N–H and O–H groups in total. The topological polar surface area (TPSA) is 85.2 Å². The van der Waals surface area contributed by atoms with Crippen LogP contribution in [0.2, 0.25) is 0 Å². The summed E-state index contributed by atoms with van der Waals surface area (Å²) in [6.07, 6.45) is 1.29. The number of rotatable bonds is 6. The lowest BCUT2D eigenvalue weighted by atomic mass is 10.2. The van der Waals surface area contributed by atoms with E-state index in [2.05, 4.69) is 10.5 Å². The molecule has 0 aliphatic carbocycles. The minimum atomic E-state index is -0.372. The minimum absolute atomic E-state index is 0.000332. The van der Waals surface area contributed by atoms with Gasteiger partial charge in [-0.3, -0.25) is 0 Å². The van der Waals surface area contributed by atoms with Crippen molar-refractivity contribution in [2.75, 3.05) is 0 Å². The second-order valence-corrected chi connectivity index (χ2v) is 6.25. The van der Waals surface area contributed by atoms with Gasteiger partial charge in [0, 0.05) is 18.7 Å². The molecule has 0 radical (unpaired) electrons. The number of carbonyl (C=O) groups is 1. The molecule has 28 heavy (non-hydrogen) atoms.